The Morgan fingerprint density at radius 1 is 1.62 bits per heavy atom. The van der Waals surface area contributed by atoms with Gasteiger partial charge < -0.3 is 0 Å². The highest BCUT2D eigenvalue weighted by molar-refractivity contribution is 7.99. The molecule has 0 radical (unpaired) electrons. The molecule has 0 aliphatic heterocycles. The molecule has 0 rings (SSSR count). The standard InChI is InChI=1S/C7H12S/c1-4-5-6-8-7(2)3/h1,7H,5-6H2,2-3H3. The van der Waals surface area contributed by atoms with E-state index in [0.29, 0.717) is 0 Å². The van der Waals surface area contributed by atoms with Gasteiger partial charge in [-0.15, -0.1) is 12.3 Å². The molecule has 8 heavy (non-hydrogen) atoms. The predicted octanol–water partition coefficient (Wildman–Crippen LogP) is 2.15. The third-order valence-corrected chi connectivity index (χ3v) is 1.80. The summed E-state index contributed by atoms with van der Waals surface area (Å²) in [6, 6.07) is 0. The lowest BCUT2D eigenvalue weighted by Gasteiger charge is -1.99. The average molecular weight is 128 g/mol. The normalized spacial score (nSPS) is 9.25. The van der Waals surface area contributed by atoms with Crippen molar-refractivity contribution in [1.82, 2.24) is 0 Å². The van der Waals surface area contributed by atoms with E-state index in [0.717, 1.165) is 17.4 Å². The fraction of sp³-hybridized carbons (Fsp3) is 0.714. The van der Waals surface area contributed by atoms with E-state index in [2.05, 4.69) is 19.8 Å². The molecule has 0 N–H and O–H groups in total. The first kappa shape index (κ1) is 7.91. The smallest absolute Gasteiger partial charge is 0.0177 e. The maximum absolute atomic E-state index is 5.05. The molecule has 0 unspecified atom stereocenters. The Morgan fingerprint density at radius 2 is 2.25 bits per heavy atom. The zero-order valence-corrected chi connectivity index (χ0v) is 6.29. The molecule has 0 atom stereocenters. The monoisotopic (exact) mass is 128 g/mol. The first-order chi connectivity index (χ1) is 3.77. The van der Waals surface area contributed by atoms with Crippen LogP contribution in [0.15, 0.2) is 0 Å². The van der Waals surface area contributed by atoms with Gasteiger partial charge in [0.15, 0.2) is 0 Å². The van der Waals surface area contributed by atoms with E-state index in [1.54, 1.807) is 0 Å². The minimum Gasteiger partial charge on any atom is -0.158 e. The highest BCUT2D eigenvalue weighted by Crippen LogP contribution is 2.08. The van der Waals surface area contributed by atoms with Gasteiger partial charge in [-0.25, -0.2) is 0 Å². The van der Waals surface area contributed by atoms with E-state index in [-0.39, 0.29) is 0 Å². The average Bonchev–Trinajstić information content (AvgIpc) is 1.66. The van der Waals surface area contributed by atoms with Crippen molar-refractivity contribution in [3.8, 4) is 12.3 Å². The highest BCUT2D eigenvalue weighted by atomic mass is 32.2. The molecule has 0 amide bonds. The van der Waals surface area contributed by atoms with E-state index < -0.39 is 0 Å². The molecule has 0 saturated carbocycles. The molecule has 0 aliphatic carbocycles. The van der Waals surface area contributed by atoms with Gasteiger partial charge >= 0.3 is 0 Å². The predicted molar refractivity (Wildman–Crippen MR) is 41.0 cm³/mol. The highest BCUT2D eigenvalue weighted by Gasteiger charge is 1.89. The molecule has 0 aromatic carbocycles. The van der Waals surface area contributed by atoms with Crippen LogP contribution in [0.2, 0.25) is 0 Å². The summed E-state index contributed by atoms with van der Waals surface area (Å²) in [5.74, 6) is 3.71. The number of terminal acetylenes is 1. The maximum atomic E-state index is 5.05. The lowest BCUT2D eigenvalue weighted by Crippen LogP contribution is -1.87. The first-order valence-electron chi connectivity index (χ1n) is 2.82. The Bertz CT molecular complexity index is 78.9. The van der Waals surface area contributed by atoms with Crippen LogP contribution in [0.5, 0.6) is 0 Å². The third kappa shape index (κ3) is 5.91. The summed E-state index contributed by atoms with van der Waals surface area (Å²) in [7, 11) is 0. The first-order valence-corrected chi connectivity index (χ1v) is 3.87. The zero-order valence-electron chi connectivity index (χ0n) is 5.48. The lowest BCUT2D eigenvalue weighted by molar-refractivity contribution is 1.10. The van der Waals surface area contributed by atoms with Gasteiger partial charge in [0.25, 0.3) is 0 Å². The quantitative estimate of drug-likeness (QED) is 0.414. The molecule has 0 aromatic rings. The summed E-state index contributed by atoms with van der Waals surface area (Å²) in [5.41, 5.74) is 0. The lowest BCUT2D eigenvalue weighted by atomic mass is 10.5. The van der Waals surface area contributed by atoms with Gasteiger partial charge in [0.05, 0.1) is 0 Å². The minimum atomic E-state index is 0.725. The van der Waals surface area contributed by atoms with E-state index in [1.165, 1.54) is 0 Å². The van der Waals surface area contributed by atoms with Gasteiger partial charge in [0.2, 0.25) is 0 Å². The van der Waals surface area contributed by atoms with E-state index in [1.807, 2.05) is 11.8 Å². The van der Waals surface area contributed by atoms with Crippen LogP contribution in [-0.4, -0.2) is 11.0 Å². The molecule has 0 fully saturated rings. The fourth-order valence-corrected chi connectivity index (χ4v) is 1.06. The molecular weight excluding hydrogens is 116 g/mol. The van der Waals surface area contributed by atoms with Crippen molar-refractivity contribution in [2.45, 2.75) is 25.5 Å². The van der Waals surface area contributed by atoms with Gasteiger partial charge in [-0.1, -0.05) is 13.8 Å². The van der Waals surface area contributed by atoms with Crippen molar-refractivity contribution in [2.75, 3.05) is 5.75 Å². The molecule has 0 spiro atoms. The summed E-state index contributed by atoms with van der Waals surface area (Å²) in [6.07, 6.45) is 5.96. The minimum absolute atomic E-state index is 0.725. The third-order valence-electron chi connectivity index (χ3n) is 0.698. The SMILES string of the molecule is C#CCCSC(C)C. The molecule has 1 heteroatoms. The van der Waals surface area contributed by atoms with Crippen LogP contribution in [0.4, 0.5) is 0 Å². The van der Waals surface area contributed by atoms with Crippen LogP contribution in [-0.2, 0) is 0 Å². The largest absolute Gasteiger partial charge is 0.158 e. The van der Waals surface area contributed by atoms with Gasteiger partial charge in [-0.2, -0.15) is 11.8 Å². The number of hydrogen-bond donors (Lipinski definition) is 0. The van der Waals surface area contributed by atoms with Crippen LogP contribution in [0.25, 0.3) is 0 Å². The van der Waals surface area contributed by atoms with Crippen molar-refractivity contribution in [2.24, 2.45) is 0 Å². The van der Waals surface area contributed by atoms with Crippen molar-refractivity contribution in [3.05, 3.63) is 0 Å². The maximum Gasteiger partial charge on any atom is 0.0177 e. The van der Waals surface area contributed by atoms with Gasteiger partial charge in [0.1, 0.15) is 0 Å². The second kappa shape index (κ2) is 5.05. The van der Waals surface area contributed by atoms with E-state index in [4.69, 9.17) is 6.42 Å². The number of hydrogen-bond acceptors (Lipinski definition) is 1. The summed E-state index contributed by atoms with van der Waals surface area (Å²) >= 11 is 1.91. The molecule has 0 saturated heterocycles. The van der Waals surface area contributed by atoms with E-state index >= 15 is 0 Å². The second-order valence-electron chi connectivity index (χ2n) is 1.87. The molecule has 0 nitrogen and oxygen atoms in total. The summed E-state index contributed by atoms with van der Waals surface area (Å²) in [5, 5.41) is 0.725. The van der Waals surface area contributed by atoms with Gasteiger partial charge in [-0.3, -0.25) is 0 Å². The van der Waals surface area contributed by atoms with Crippen LogP contribution in [0.3, 0.4) is 0 Å². The number of thioether (sulfide) groups is 1. The Hall–Kier alpha value is -0.0900. The van der Waals surface area contributed by atoms with Crippen molar-refractivity contribution < 1.29 is 0 Å². The topological polar surface area (TPSA) is 0 Å². The van der Waals surface area contributed by atoms with Crippen LogP contribution in [0.1, 0.15) is 20.3 Å². The van der Waals surface area contributed by atoms with Crippen molar-refractivity contribution >= 4 is 11.8 Å². The number of rotatable bonds is 3. The second-order valence-corrected chi connectivity index (χ2v) is 3.56. The molecular formula is C7H12S. The fourth-order valence-electron chi connectivity index (χ4n) is 0.354. The molecule has 46 valence electrons. The van der Waals surface area contributed by atoms with Gasteiger partial charge in [-0.05, 0) is 5.25 Å². The van der Waals surface area contributed by atoms with Crippen LogP contribution >= 0.6 is 11.8 Å². The Labute approximate surface area is 56.1 Å². The van der Waals surface area contributed by atoms with Crippen LogP contribution < -0.4 is 0 Å². The van der Waals surface area contributed by atoms with Crippen molar-refractivity contribution in [3.63, 3.8) is 0 Å². The van der Waals surface area contributed by atoms with Crippen LogP contribution in [0, 0.1) is 12.3 Å². The molecule has 0 bridgehead atoms. The summed E-state index contributed by atoms with van der Waals surface area (Å²) in [4.78, 5) is 0. The zero-order chi connectivity index (χ0) is 6.41. The molecule has 0 heterocycles. The van der Waals surface area contributed by atoms with Gasteiger partial charge in [0, 0.05) is 12.2 Å². The summed E-state index contributed by atoms with van der Waals surface area (Å²) < 4.78 is 0. The Balaban J connectivity index is 2.85. The molecule has 0 aliphatic rings. The van der Waals surface area contributed by atoms with E-state index in [9.17, 15) is 0 Å². The molecule has 0 aromatic heterocycles. The Kier molecular flexibility index (Phi) is 5.00. The Morgan fingerprint density at radius 3 is 2.62 bits per heavy atom. The summed E-state index contributed by atoms with van der Waals surface area (Å²) in [6.45, 7) is 4.36. The van der Waals surface area contributed by atoms with Crippen molar-refractivity contribution in [1.29, 1.82) is 0 Å².